The van der Waals surface area contributed by atoms with E-state index in [4.69, 9.17) is 9.47 Å². The summed E-state index contributed by atoms with van der Waals surface area (Å²) in [6.07, 6.45) is 7.35. The lowest BCUT2D eigenvalue weighted by molar-refractivity contribution is -0.126. The topological polar surface area (TPSA) is 35.5 Å². The van der Waals surface area contributed by atoms with Crippen LogP contribution in [0, 0.1) is 11.8 Å². The van der Waals surface area contributed by atoms with Crippen LogP contribution in [0.1, 0.15) is 51.9 Å². The van der Waals surface area contributed by atoms with Gasteiger partial charge in [0.25, 0.3) is 0 Å². The largest absolute Gasteiger partial charge is 0.385 e. The first-order valence-corrected chi connectivity index (χ1v) is 7.37. The van der Waals surface area contributed by atoms with E-state index in [2.05, 4.69) is 6.92 Å². The summed E-state index contributed by atoms with van der Waals surface area (Å²) in [7, 11) is 1.70. The Balaban J connectivity index is 2.12. The maximum atomic E-state index is 11.8. The highest BCUT2D eigenvalue weighted by atomic mass is 16.5. The molecule has 0 bridgehead atoms. The fourth-order valence-electron chi connectivity index (χ4n) is 2.78. The molecule has 3 heteroatoms. The van der Waals surface area contributed by atoms with Crippen LogP contribution in [0.15, 0.2) is 0 Å². The highest BCUT2D eigenvalue weighted by Crippen LogP contribution is 2.31. The molecule has 0 N–H and O–H groups in total. The molecule has 0 aliphatic heterocycles. The molecular formula is C15H28O3. The molecule has 0 aromatic heterocycles. The van der Waals surface area contributed by atoms with E-state index in [-0.39, 0.29) is 5.92 Å². The van der Waals surface area contributed by atoms with Gasteiger partial charge in [-0.25, -0.2) is 0 Å². The van der Waals surface area contributed by atoms with Crippen LogP contribution in [-0.2, 0) is 14.3 Å². The summed E-state index contributed by atoms with van der Waals surface area (Å²) in [5, 5.41) is 0. The molecule has 106 valence electrons. The lowest BCUT2D eigenvalue weighted by Gasteiger charge is -2.27. The second kappa shape index (κ2) is 9.51. The molecule has 0 aromatic carbocycles. The lowest BCUT2D eigenvalue weighted by atomic mass is 9.77. The van der Waals surface area contributed by atoms with Gasteiger partial charge < -0.3 is 9.47 Å². The van der Waals surface area contributed by atoms with Crippen LogP contribution in [0.4, 0.5) is 0 Å². The van der Waals surface area contributed by atoms with Gasteiger partial charge in [-0.05, 0) is 31.6 Å². The number of ether oxygens (including phenoxy) is 2. The van der Waals surface area contributed by atoms with Crippen molar-refractivity contribution in [1.29, 1.82) is 0 Å². The molecule has 0 aromatic rings. The highest BCUT2D eigenvalue weighted by molar-refractivity contribution is 5.81. The van der Waals surface area contributed by atoms with Crippen molar-refractivity contribution >= 4 is 5.78 Å². The first-order valence-electron chi connectivity index (χ1n) is 7.37. The van der Waals surface area contributed by atoms with E-state index in [0.717, 1.165) is 57.8 Å². The third kappa shape index (κ3) is 5.96. The number of hydrogen-bond donors (Lipinski definition) is 0. The maximum absolute atomic E-state index is 11.8. The number of carbonyl (C=O) groups is 1. The average molecular weight is 256 g/mol. The van der Waals surface area contributed by atoms with Crippen molar-refractivity contribution in [3.05, 3.63) is 0 Å². The third-order valence-electron chi connectivity index (χ3n) is 3.82. The van der Waals surface area contributed by atoms with Gasteiger partial charge in [-0.1, -0.05) is 19.8 Å². The van der Waals surface area contributed by atoms with Crippen LogP contribution >= 0.6 is 0 Å². The second-order valence-electron chi connectivity index (χ2n) is 5.34. The molecule has 3 nitrogen and oxygen atoms in total. The average Bonchev–Trinajstić information content (AvgIpc) is 2.37. The van der Waals surface area contributed by atoms with Crippen LogP contribution in [-0.4, -0.2) is 32.7 Å². The Morgan fingerprint density at radius 3 is 2.78 bits per heavy atom. The summed E-state index contributed by atoms with van der Waals surface area (Å²) in [6, 6.07) is 0. The van der Waals surface area contributed by atoms with Gasteiger partial charge in [0.1, 0.15) is 5.78 Å². The molecule has 1 aliphatic carbocycles. The Labute approximate surface area is 111 Å². The number of carbonyl (C=O) groups excluding carboxylic acids is 1. The molecule has 2 atom stereocenters. The number of Topliss-reactive ketones (excluding diaryl/α,β-unsaturated/α-hetero) is 1. The van der Waals surface area contributed by atoms with Gasteiger partial charge in [-0.2, -0.15) is 0 Å². The highest BCUT2D eigenvalue weighted by Gasteiger charge is 2.27. The summed E-state index contributed by atoms with van der Waals surface area (Å²) in [5.41, 5.74) is 0. The number of hydrogen-bond acceptors (Lipinski definition) is 3. The van der Waals surface area contributed by atoms with Crippen LogP contribution in [0.2, 0.25) is 0 Å². The predicted octanol–water partition coefficient (Wildman–Crippen LogP) is 3.22. The van der Waals surface area contributed by atoms with Crippen molar-refractivity contribution in [1.82, 2.24) is 0 Å². The van der Waals surface area contributed by atoms with Crippen molar-refractivity contribution in [2.24, 2.45) is 11.8 Å². The summed E-state index contributed by atoms with van der Waals surface area (Å²) in [4.78, 5) is 11.8. The van der Waals surface area contributed by atoms with Crippen molar-refractivity contribution in [2.45, 2.75) is 51.9 Å². The Morgan fingerprint density at radius 1 is 1.22 bits per heavy atom. The van der Waals surface area contributed by atoms with Crippen LogP contribution in [0.5, 0.6) is 0 Å². The first-order chi connectivity index (χ1) is 8.77. The Kier molecular flexibility index (Phi) is 8.27. The summed E-state index contributed by atoms with van der Waals surface area (Å²) in [6.45, 7) is 4.44. The minimum Gasteiger partial charge on any atom is -0.385 e. The fraction of sp³-hybridized carbons (Fsp3) is 0.933. The number of rotatable bonds is 9. The van der Waals surface area contributed by atoms with Gasteiger partial charge in [0.15, 0.2) is 0 Å². The monoisotopic (exact) mass is 256 g/mol. The Hall–Kier alpha value is -0.410. The van der Waals surface area contributed by atoms with Crippen molar-refractivity contribution < 1.29 is 14.3 Å². The van der Waals surface area contributed by atoms with Crippen molar-refractivity contribution in [3.8, 4) is 0 Å². The zero-order valence-electron chi connectivity index (χ0n) is 12.0. The third-order valence-corrected chi connectivity index (χ3v) is 3.82. The summed E-state index contributed by atoms with van der Waals surface area (Å²) < 4.78 is 10.5. The number of methoxy groups -OCH3 is 1. The zero-order valence-corrected chi connectivity index (χ0v) is 12.0. The molecule has 0 saturated heterocycles. The van der Waals surface area contributed by atoms with E-state index in [1.165, 1.54) is 12.8 Å². The molecular weight excluding hydrogens is 228 g/mol. The smallest absolute Gasteiger partial charge is 0.136 e. The molecule has 0 amide bonds. The van der Waals surface area contributed by atoms with Crippen LogP contribution in [0.3, 0.4) is 0 Å². The van der Waals surface area contributed by atoms with E-state index in [1.54, 1.807) is 7.11 Å². The van der Waals surface area contributed by atoms with E-state index >= 15 is 0 Å². The SMILES string of the molecule is CCCC1CCC(=O)C(CCOCCCOC)C1. The Morgan fingerprint density at radius 2 is 2.06 bits per heavy atom. The number of ketones is 1. The summed E-state index contributed by atoms with van der Waals surface area (Å²) >= 11 is 0. The normalized spacial score (nSPS) is 24.4. The molecule has 2 unspecified atom stereocenters. The first kappa shape index (κ1) is 15.6. The van der Waals surface area contributed by atoms with Crippen molar-refractivity contribution in [2.75, 3.05) is 26.9 Å². The van der Waals surface area contributed by atoms with Gasteiger partial charge >= 0.3 is 0 Å². The maximum Gasteiger partial charge on any atom is 0.136 e. The fourth-order valence-corrected chi connectivity index (χ4v) is 2.78. The molecule has 0 radical (unpaired) electrons. The minimum atomic E-state index is 0.262. The molecule has 0 heterocycles. The van der Waals surface area contributed by atoms with E-state index in [9.17, 15) is 4.79 Å². The molecule has 1 aliphatic rings. The van der Waals surface area contributed by atoms with E-state index in [0.29, 0.717) is 5.78 Å². The summed E-state index contributed by atoms with van der Waals surface area (Å²) in [5.74, 6) is 1.49. The van der Waals surface area contributed by atoms with E-state index in [1.807, 2.05) is 0 Å². The van der Waals surface area contributed by atoms with E-state index < -0.39 is 0 Å². The predicted molar refractivity (Wildman–Crippen MR) is 72.7 cm³/mol. The Bertz CT molecular complexity index is 228. The van der Waals surface area contributed by atoms with Gasteiger partial charge in [-0.15, -0.1) is 0 Å². The van der Waals surface area contributed by atoms with Crippen molar-refractivity contribution in [3.63, 3.8) is 0 Å². The van der Waals surface area contributed by atoms with Gasteiger partial charge in [-0.3, -0.25) is 4.79 Å². The quantitative estimate of drug-likeness (QED) is 0.594. The van der Waals surface area contributed by atoms with Gasteiger partial charge in [0, 0.05) is 39.3 Å². The van der Waals surface area contributed by atoms with Crippen LogP contribution < -0.4 is 0 Å². The van der Waals surface area contributed by atoms with Crippen LogP contribution in [0.25, 0.3) is 0 Å². The molecule has 0 spiro atoms. The zero-order chi connectivity index (χ0) is 13.2. The minimum absolute atomic E-state index is 0.262. The standard InChI is InChI=1S/C15H28O3/c1-3-5-13-6-7-15(16)14(12-13)8-11-18-10-4-9-17-2/h13-14H,3-12H2,1-2H3. The lowest BCUT2D eigenvalue weighted by Crippen LogP contribution is -2.26. The molecule has 1 saturated carbocycles. The molecule has 18 heavy (non-hydrogen) atoms. The van der Waals surface area contributed by atoms with Gasteiger partial charge in [0.2, 0.25) is 0 Å². The molecule has 1 rings (SSSR count). The van der Waals surface area contributed by atoms with Gasteiger partial charge in [0.05, 0.1) is 0 Å². The molecule has 1 fully saturated rings. The second-order valence-corrected chi connectivity index (χ2v) is 5.34.